The molecular weight excluding hydrogens is 358 g/mol. The van der Waals surface area contributed by atoms with Crippen molar-refractivity contribution in [3.05, 3.63) is 52.5 Å². The Labute approximate surface area is 143 Å². The lowest BCUT2D eigenvalue weighted by atomic mass is 9.97. The quantitative estimate of drug-likeness (QED) is 0.840. The smallest absolute Gasteiger partial charge is 0.255 e. The van der Waals surface area contributed by atoms with Gasteiger partial charge in [0.1, 0.15) is 0 Å². The van der Waals surface area contributed by atoms with Gasteiger partial charge in [0, 0.05) is 21.1 Å². The van der Waals surface area contributed by atoms with Crippen LogP contribution in [0.15, 0.2) is 46.9 Å². The topological polar surface area (TPSA) is 47.6 Å². The number of carbonyl (C=O) groups excluding carboxylic acids is 1. The molecule has 0 unspecified atom stereocenters. The molecule has 1 N–H and O–H groups in total. The van der Waals surface area contributed by atoms with Crippen LogP contribution in [0.5, 0.6) is 11.5 Å². The van der Waals surface area contributed by atoms with Crippen LogP contribution in [0, 0.1) is 5.41 Å². The summed E-state index contributed by atoms with van der Waals surface area (Å²) in [5.74, 6) is 1.10. The Morgan fingerprint density at radius 3 is 2.57 bits per heavy atom. The molecule has 5 heteroatoms. The van der Waals surface area contributed by atoms with Gasteiger partial charge in [-0.2, -0.15) is 0 Å². The summed E-state index contributed by atoms with van der Waals surface area (Å²) < 4.78 is 12.5. The third-order valence-electron chi connectivity index (χ3n) is 3.53. The molecule has 1 aliphatic heterocycles. The van der Waals surface area contributed by atoms with E-state index in [-0.39, 0.29) is 11.3 Å². The number of anilines is 1. The zero-order chi connectivity index (χ0) is 16.4. The first-order valence-electron chi connectivity index (χ1n) is 7.40. The number of ether oxygens (including phenoxy) is 2. The van der Waals surface area contributed by atoms with Crippen LogP contribution in [0.25, 0.3) is 0 Å². The van der Waals surface area contributed by atoms with Crippen molar-refractivity contribution in [3.8, 4) is 11.5 Å². The largest absolute Gasteiger partial charge is 0.489 e. The second-order valence-electron chi connectivity index (χ2n) is 6.37. The molecule has 0 saturated heterocycles. The highest BCUT2D eigenvalue weighted by molar-refractivity contribution is 9.10. The van der Waals surface area contributed by atoms with Gasteiger partial charge in [-0.3, -0.25) is 4.79 Å². The van der Waals surface area contributed by atoms with E-state index in [1.807, 2.05) is 24.3 Å². The SMILES string of the molecule is CC1(C)COc2ccc(C(=O)Nc3cccc(Br)c3)cc2OC1. The van der Waals surface area contributed by atoms with Crippen molar-refractivity contribution in [2.75, 3.05) is 18.5 Å². The number of hydrogen-bond donors (Lipinski definition) is 1. The van der Waals surface area contributed by atoms with E-state index in [0.717, 1.165) is 10.2 Å². The molecule has 1 aliphatic rings. The molecule has 1 amide bonds. The summed E-state index contributed by atoms with van der Waals surface area (Å²) in [4.78, 5) is 12.4. The van der Waals surface area contributed by atoms with E-state index in [0.29, 0.717) is 30.3 Å². The van der Waals surface area contributed by atoms with E-state index in [1.54, 1.807) is 18.2 Å². The van der Waals surface area contributed by atoms with Crippen LogP contribution >= 0.6 is 15.9 Å². The van der Waals surface area contributed by atoms with E-state index in [4.69, 9.17) is 9.47 Å². The maximum Gasteiger partial charge on any atom is 0.255 e. The molecule has 4 nitrogen and oxygen atoms in total. The zero-order valence-corrected chi connectivity index (χ0v) is 14.6. The van der Waals surface area contributed by atoms with E-state index in [2.05, 4.69) is 35.1 Å². The molecule has 3 rings (SSSR count). The third kappa shape index (κ3) is 3.85. The van der Waals surface area contributed by atoms with Gasteiger partial charge in [0.05, 0.1) is 13.2 Å². The Morgan fingerprint density at radius 2 is 1.83 bits per heavy atom. The monoisotopic (exact) mass is 375 g/mol. The van der Waals surface area contributed by atoms with Crippen molar-refractivity contribution >= 4 is 27.5 Å². The van der Waals surface area contributed by atoms with Gasteiger partial charge >= 0.3 is 0 Å². The van der Waals surface area contributed by atoms with Crippen LogP contribution in [-0.2, 0) is 0 Å². The molecule has 1 heterocycles. The van der Waals surface area contributed by atoms with Crippen molar-refractivity contribution in [3.63, 3.8) is 0 Å². The molecule has 0 fully saturated rings. The average Bonchev–Trinajstić information content (AvgIpc) is 2.66. The minimum absolute atomic E-state index is 0.0578. The van der Waals surface area contributed by atoms with Gasteiger partial charge in [-0.25, -0.2) is 0 Å². The van der Waals surface area contributed by atoms with Crippen LogP contribution in [0.2, 0.25) is 0 Å². The molecule has 120 valence electrons. The molecule has 0 spiro atoms. The van der Waals surface area contributed by atoms with Gasteiger partial charge in [-0.15, -0.1) is 0 Å². The standard InChI is InChI=1S/C18H18BrNO3/c1-18(2)10-22-15-7-6-12(8-16(15)23-11-18)17(21)20-14-5-3-4-13(19)9-14/h3-9H,10-11H2,1-2H3,(H,20,21). The van der Waals surface area contributed by atoms with Gasteiger partial charge in [0.15, 0.2) is 11.5 Å². The normalized spacial score (nSPS) is 15.6. The summed E-state index contributed by atoms with van der Waals surface area (Å²) >= 11 is 3.39. The molecule has 2 aromatic carbocycles. The summed E-state index contributed by atoms with van der Waals surface area (Å²) in [5, 5.41) is 2.87. The molecule has 0 aliphatic carbocycles. The van der Waals surface area contributed by atoms with Crippen molar-refractivity contribution in [2.45, 2.75) is 13.8 Å². The number of fused-ring (bicyclic) bond motifs is 1. The number of benzene rings is 2. The fraction of sp³-hybridized carbons (Fsp3) is 0.278. The van der Waals surface area contributed by atoms with Gasteiger partial charge in [-0.1, -0.05) is 35.8 Å². The van der Waals surface area contributed by atoms with E-state index >= 15 is 0 Å². The molecule has 0 bridgehead atoms. The van der Waals surface area contributed by atoms with Crippen molar-refractivity contribution in [1.82, 2.24) is 0 Å². The predicted molar refractivity (Wildman–Crippen MR) is 93.3 cm³/mol. The number of carbonyl (C=O) groups is 1. The fourth-order valence-electron chi connectivity index (χ4n) is 2.24. The predicted octanol–water partition coefficient (Wildman–Crippen LogP) is 4.50. The summed E-state index contributed by atoms with van der Waals surface area (Å²) in [7, 11) is 0. The zero-order valence-electron chi connectivity index (χ0n) is 13.1. The minimum atomic E-state index is -0.182. The van der Waals surface area contributed by atoms with Crippen molar-refractivity contribution in [1.29, 1.82) is 0 Å². The Morgan fingerprint density at radius 1 is 1.09 bits per heavy atom. The Hall–Kier alpha value is -2.01. The van der Waals surface area contributed by atoms with Gasteiger partial charge < -0.3 is 14.8 Å². The Bertz CT molecular complexity index is 743. The first kappa shape index (κ1) is 15.9. The third-order valence-corrected chi connectivity index (χ3v) is 4.02. The highest BCUT2D eigenvalue weighted by Crippen LogP contribution is 2.34. The van der Waals surface area contributed by atoms with E-state index in [1.165, 1.54) is 0 Å². The molecule has 2 aromatic rings. The first-order valence-corrected chi connectivity index (χ1v) is 8.19. The van der Waals surface area contributed by atoms with Crippen LogP contribution in [0.4, 0.5) is 5.69 Å². The summed E-state index contributed by atoms with van der Waals surface area (Å²) in [6.07, 6.45) is 0. The number of halogens is 1. The summed E-state index contributed by atoms with van der Waals surface area (Å²) in [6, 6.07) is 12.7. The Balaban J connectivity index is 1.79. The van der Waals surface area contributed by atoms with Crippen molar-refractivity contribution in [2.24, 2.45) is 5.41 Å². The number of rotatable bonds is 2. The van der Waals surface area contributed by atoms with Crippen molar-refractivity contribution < 1.29 is 14.3 Å². The maximum absolute atomic E-state index is 12.4. The first-order chi connectivity index (χ1) is 10.9. The number of nitrogens with one attached hydrogen (secondary N) is 1. The maximum atomic E-state index is 12.4. The Kier molecular flexibility index (Phi) is 4.31. The minimum Gasteiger partial charge on any atom is -0.489 e. The fourth-order valence-corrected chi connectivity index (χ4v) is 2.64. The molecule has 0 aromatic heterocycles. The molecule has 0 saturated carbocycles. The molecular formula is C18H18BrNO3. The lowest BCUT2D eigenvalue weighted by Crippen LogP contribution is -2.26. The van der Waals surface area contributed by atoms with Gasteiger partial charge in [-0.05, 0) is 36.4 Å². The number of hydrogen-bond acceptors (Lipinski definition) is 3. The van der Waals surface area contributed by atoms with Crippen LogP contribution < -0.4 is 14.8 Å². The van der Waals surface area contributed by atoms with Crippen LogP contribution in [0.1, 0.15) is 24.2 Å². The van der Waals surface area contributed by atoms with Crippen LogP contribution in [0.3, 0.4) is 0 Å². The van der Waals surface area contributed by atoms with Gasteiger partial charge in [0.25, 0.3) is 5.91 Å². The van der Waals surface area contributed by atoms with E-state index < -0.39 is 0 Å². The highest BCUT2D eigenvalue weighted by atomic mass is 79.9. The number of amides is 1. The second-order valence-corrected chi connectivity index (χ2v) is 7.28. The average molecular weight is 376 g/mol. The molecule has 0 atom stereocenters. The summed E-state index contributed by atoms with van der Waals surface area (Å²) in [5.41, 5.74) is 1.21. The van der Waals surface area contributed by atoms with Crippen LogP contribution in [-0.4, -0.2) is 19.1 Å². The lowest BCUT2D eigenvalue weighted by molar-refractivity contribution is 0.102. The van der Waals surface area contributed by atoms with E-state index in [9.17, 15) is 4.79 Å². The second kappa shape index (κ2) is 6.24. The molecule has 0 radical (unpaired) electrons. The molecule has 23 heavy (non-hydrogen) atoms. The summed E-state index contributed by atoms with van der Waals surface area (Å²) in [6.45, 7) is 5.31. The highest BCUT2D eigenvalue weighted by Gasteiger charge is 2.25. The lowest BCUT2D eigenvalue weighted by Gasteiger charge is -2.19. The van der Waals surface area contributed by atoms with Gasteiger partial charge in [0.2, 0.25) is 0 Å².